The number of para-hydroxylation sites is 2. The summed E-state index contributed by atoms with van der Waals surface area (Å²) in [6.45, 7) is 2.12. The van der Waals surface area contributed by atoms with Gasteiger partial charge in [-0.1, -0.05) is 127 Å². The van der Waals surface area contributed by atoms with Gasteiger partial charge >= 0.3 is 0 Å². The van der Waals surface area contributed by atoms with Crippen molar-refractivity contribution in [1.29, 1.82) is 0 Å². The summed E-state index contributed by atoms with van der Waals surface area (Å²) in [6, 6.07) is 70.2. The molecule has 1 N–H and O–H groups in total. The molecule has 1 aliphatic rings. The third-order valence-corrected chi connectivity index (χ3v) is 13.1. The molecule has 5 nitrogen and oxygen atoms in total. The van der Waals surface area contributed by atoms with Gasteiger partial charge in [0.15, 0.2) is 6.29 Å². The fourth-order valence-electron chi connectivity index (χ4n) is 10.2. The third-order valence-electron chi connectivity index (χ3n) is 13.1. The number of aromatic nitrogens is 2. The number of hydrogen-bond acceptors (Lipinski definition) is 3. The quantitative estimate of drug-likeness (QED) is 0.193. The Morgan fingerprint density at radius 2 is 1.21 bits per heavy atom. The summed E-state index contributed by atoms with van der Waals surface area (Å²) in [6.07, 6.45) is -0.287. The fourth-order valence-corrected chi connectivity index (χ4v) is 10.2. The predicted octanol–water partition coefficient (Wildman–Crippen LogP) is 13.8. The van der Waals surface area contributed by atoms with Crippen molar-refractivity contribution in [2.45, 2.75) is 19.3 Å². The summed E-state index contributed by atoms with van der Waals surface area (Å²) in [5.74, 6) is 0.857. The molecule has 5 heteroatoms. The number of rotatable bonds is 4. The summed E-state index contributed by atoms with van der Waals surface area (Å²) in [5, 5.41) is 15.1. The van der Waals surface area contributed by atoms with Gasteiger partial charge in [0, 0.05) is 45.1 Å². The third kappa shape index (κ3) is 5.00. The minimum Gasteiger partial charge on any atom is -0.440 e. The zero-order valence-corrected chi connectivity index (χ0v) is 33.6. The van der Waals surface area contributed by atoms with Crippen LogP contribution in [-0.4, -0.2) is 16.2 Å². The topological polar surface area (TPSA) is 38.3 Å². The molecule has 0 saturated heterocycles. The Morgan fingerprint density at radius 3 is 2.03 bits per heavy atom. The van der Waals surface area contributed by atoms with E-state index in [2.05, 4.69) is 215 Å². The first-order valence-corrected chi connectivity index (χ1v) is 21.0. The molecule has 0 spiro atoms. The van der Waals surface area contributed by atoms with Crippen LogP contribution in [0.3, 0.4) is 0 Å². The first kappa shape index (κ1) is 34.1. The zero-order chi connectivity index (χ0) is 40.3. The summed E-state index contributed by atoms with van der Waals surface area (Å²) in [4.78, 5) is 2.29. The van der Waals surface area contributed by atoms with Crippen LogP contribution < -0.4 is 10.2 Å². The number of nitrogens with one attached hydrogen (secondary N) is 1. The van der Waals surface area contributed by atoms with Gasteiger partial charge in [0.1, 0.15) is 5.58 Å². The van der Waals surface area contributed by atoms with E-state index in [0.717, 1.165) is 55.8 Å². The van der Waals surface area contributed by atoms with Crippen molar-refractivity contribution in [3.63, 3.8) is 0 Å². The van der Waals surface area contributed by atoms with Gasteiger partial charge in [-0.05, 0) is 106 Å². The summed E-state index contributed by atoms with van der Waals surface area (Å²) < 4.78 is 11.9. The second-order valence-electron chi connectivity index (χ2n) is 16.5. The highest BCUT2D eigenvalue weighted by Crippen LogP contribution is 2.48. The molecule has 288 valence electrons. The summed E-state index contributed by atoms with van der Waals surface area (Å²) >= 11 is 0. The van der Waals surface area contributed by atoms with Gasteiger partial charge in [0.05, 0.1) is 33.8 Å². The van der Waals surface area contributed by atoms with E-state index in [1.165, 1.54) is 59.7 Å². The lowest BCUT2D eigenvalue weighted by molar-refractivity contribution is 0.347. The first-order valence-electron chi connectivity index (χ1n) is 21.0. The minimum absolute atomic E-state index is 0.228. The Kier molecular flexibility index (Phi) is 7.19. The summed E-state index contributed by atoms with van der Waals surface area (Å²) in [5.41, 5.74) is 12.3. The van der Waals surface area contributed by atoms with E-state index in [0.29, 0.717) is 0 Å². The van der Waals surface area contributed by atoms with Gasteiger partial charge in [-0.25, -0.2) is 0 Å². The molecule has 0 aliphatic carbocycles. The largest absolute Gasteiger partial charge is 0.440 e. The van der Waals surface area contributed by atoms with Crippen molar-refractivity contribution in [2.24, 2.45) is 0 Å². The second kappa shape index (κ2) is 12.9. The molecule has 2 atom stereocenters. The Labute approximate surface area is 352 Å². The van der Waals surface area contributed by atoms with Crippen LogP contribution in [0.2, 0.25) is 0 Å². The molecule has 0 saturated carbocycles. The van der Waals surface area contributed by atoms with E-state index >= 15 is 0 Å². The zero-order valence-electron chi connectivity index (χ0n) is 33.6. The van der Waals surface area contributed by atoms with Crippen molar-refractivity contribution in [3.05, 3.63) is 205 Å². The number of benzene rings is 8. The minimum atomic E-state index is -0.287. The molecule has 12 aromatic rings. The van der Waals surface area contributed by atoms with Gasteiger partial charge in [0.2, 0.25) is 5.88 Å². The Morgan fingerprint density at radius 1 is 0.541 bits per heavy atom. The van der Waals surface area contributed by atoms with Crippen LogP contribution in [0, 0.1) is 19.1 Å². The predicted molar refractivity (Wildman–Crippen MR) is 252 cm³/mol. The monoisotopic (exact) mass is 782 g/mol. The molecule has 0 amide bonds. The lowest BCUT2D eigenvalue weighted by Crippen LogP contribution is -2.46. The van der Waals surface area contributed by atoms with Crippen LogP contribution in [-0.2, 0) is 0 Å². The lowest BCUT2D eigenvalue weighted by atomic mass is 9.93. The van der Waals surface area contributed by atoms with Crippen molar-refractivity contribution in [2.75, 3.05) is 11.9 Å². The maximum Gasteiger partial charge on any atom is 0.204 e. The molecule has 0 bridgehead atoms. The van der Waals surface area contributed by atoms with Crippen molar-refractivity contribution in [1.82, 2.24) is 14.5 Å². The molecule has 2 unspecified atom stereocenters. The average Bonchev–Trinajstić information content (AvgIpc) is 3.96. The number of nitrogens with zero attached hydrogens (tertiary/aromatic N) is 3. The summed E-state index contributed by atoms with van der Waals surface area (Å²) in [7, 11) is 2.16. The maximum absolute atomic E-state index is 7.04. The molecule has 4 heterocycles. The van der Waals surface area contributed by atoms with E-state index in [-0.39, 0.29) is 12.3 Å². The standard InChI is InChI=1S/C56H38N4O/c1-34-13-3-10-20-47(34)59-48-21-11-8-18-42(48)44-27-25-41(33-50(44)59)54-53-46-31-40(39-24-23-35-14-4-5-15-36(35)29-39)26-28-52(46)61-55(53)58(2)56(57-54)60-49-22-12-9-19-43(49)45-30-37-16-6-7-17-38(37)32-51(45)60/h4-12,14-33,54,56-57H,1-2H3. The Hall–Kier alpha value is -7.78. The Bertz CT molecular complexity index is 3750. The Balaban J connectivity index is 1.07. The molecule has 3 aromatic heterocycles. The highest BCUT2D eigenvalue weighted by Gasteiger charge is 2.38. The smallest absolute Gasteiger partial charge is 0.204 e. The number of fused-ring (bicyclic) bond motifs is 11. The molecule has 0 fully saturated rings. The van der Waals surface area contributed by atoms with E-state index in [9.17, 15) is 0 Å². The van der Waals surface area contributed by atoms with E-state index in [4.69, 9.17) is 4.42 Å². The molecule has 1 aliphatic heterocycles. The fraction of sp³-hybridized carbons (Fsp3) is 0.0714. The molecular formula is C56H38N4O. The van der Waals surface area contributed by atoms with E-state index < -0.39 is 0 Å². The highest BCUT2D eigenvalue weighted by atomic mass is 16.4. The molecule has 9 aromatic carbocycles. The number of furan rings is 1. The van der Waals surface area contributed by atoms with Crippen molar-refractivity contribution >= 4 is 82.0 Å². The number of anilines is 1. The van der Waals surface area contributed by atoms with Gasteiger partial charge in [0.25, 0.3) is 0 Å². The SMILES string of the molecule is Cc1c#cccc1-n1c2ccccc2c2ccc(C3NC(n4c5ccccc5c5cc6ccccc6cc54)N(C)c4oc5ccc(-c6ccc7ccccc7c6)cc5c43)cc21. The lowest BCUT2D eigenvalue weighted by Gasteiger charge is -2.40. The van der Waals surface area contributed by atoms with Gasteiger partial charge in [-0.2, -0.15) is 0 Å². The van der Waals surface area contributed by atoms with Gasteiger partial charge in [-0.3, -0.25) is 5.32 Å². The number of hydrogen-bond donors (Lipinski definition) is 1. The van der Waals surface area contributed by atoms with Crippen LogP contribution in [0.25, 0.3) is 92.9 Å². The van der Waals surface area contributed by atoms with Crippen molar-refractivity contribution in [3.8, 4) is 16.8 Å². The average molecular weight is 783 g/mol. The molecule has 0 radical (unpaired) electrons. The van der Waals surface area contributed by atoms with Crippen LogP contribution >= 0.6 is 0 Å². The van der Waals surface area contributed by atoms with Crippen LogP contribution in [0.15, 0.2) is 180 Å². The van der Waals surface area contributed by atoms with Crippen LogP contribution in [0.5, 0.6) is 0 Å². The molecular weight excluding hydrogens is 745 g/mol. The van der Waals surface area contributed by atoms with Crippen LogP contribution in [0.4, 0.5) is 5.88 Å². The van der Waals surface area contributed by atoms with E-state index in [1.54, 1.807) is 0 Å². The molecule has 13 rings (SSSR count). The van der Waals surface area contributed by atoms with Crippen molar-refractivity contribution < 1.29 is 4.42 Å². The molecule has 61 heavy (non-hydrogen) atoms. The van der Waals surface area contributed by atoms with Crippen LogP contribution in [0.1, 0.15) is 29.0 Å². The highest BCUT2D eigenvalue weighted by molar-refractivity contribution is 6.13. The first-order chi connectivity index (χ1) is 30.1. The van der Waals surface area contributed by atoms with Gasteiger partial charge < -0.3 is 18.5 Å². The second-order valence-corrected chi connectivity index (χ2v) is 16.5. The maximum atomic E-state index is 7.04. The van der Waals surface area contributed by atoms with E-state index in [1.807, 2.05) is 6.07 Å². The van der Waals surface area contributed by atoms with Gasteiger partial charge in [-0.15, -0.1) is 0 Å². The normalized spacial score (nSPS) is 15.5.